The van der Waals surface area contributed by atoms with E-state index in [4.69, 9.17) is 0 Å². The Morgan fingerprint density at radius 3 is 2.92 bits per heavy atom. The van der Waals surface area contributed by atoms with Gasteiger partial charge in [-0.1, -0.05) is 0 Å². The van der Waals surface area contributed by atoms with E-state index >= 15 is 0 Å². The average Bonchev–Trinajstić information content (AvgIpc) is 1.96. The molecule has 12 heavy (non-hydrogen) atoms. The molecule has 2 unspecified atom stereocenters. The van der Waals surface area contributed by atoms with Crippen LogP contribution in [0.1, 0.15) is 6.92 Å². The first-order valence-corrected chi connectivity index (χ1v) is 4.30. The Bertz CT molecular complexity index is 172. The lowest BCUT2D eigenvalue weighted by atomic mass is 10.1. The van der Waals surface area contributed by atoms with Crippen LogP contribution >= 0.6 is 0 Å². The first kappa shape index (κ1) is 9.48. The summed E-state index contributed by atoms with van der Waals surface area (Å²) in [5.41, 5.74) is 0. The lowest BCUT2D eigenvalue weighted by Gasteiger charge is -2.35. The van der Waals surface area contributed by atoms with Crippen molar-refractivity contribution in [3.8, 4) is 0 Å². The highest BCUT2D eigenvalue weighted by atomic mass is 16.2. The van der Waals surface area contributed by atoms with Crippen molar-refractivity contribution in [3.63, 3.8) is 0 Å². The number of rotatable bonds is 2. The van der Waals surface area contributed by atoms with Crippen molar-refractivity contribution in [2.45, 2.75) is 19.0 Å². The molecule has 1 heterocycles. The fourth-order valence-corrected chi connectivity index (χ4v) is 1.59. The molecule has 0 bridgehead atoms. The smallest absolute Gasteiger partial charge is 0.238 e. The maximum Gasteiger partial charge on any atom is 0.238 e. The lowest BCUT2D eigenvalue weighted by Crippen LogP contribution is -2.60. The van der Waals surface area contributed by atoms with Crippen LogP contribution in [0, 0.1) is 0 Å². The van der Waals surface area contributed by atoms with Crippen molar-refractivity contribution < 1.29 is 4.79 Å². The van der Waals surface area contributed by atoms with Crippen molar-refractivity contribution in [1.29, 1.82) is 0 Å². The molecule has 1 fully saturated rings. The summed E-state index contributed by atoms with van der Waals surface area (Å²) >= 11 is 0. The number of likely N-dealkylation sites (N-methyl/N-ethyl adjacent to an activating group) is 2. The van der Waals surface area contributed by atoms with Crippen LogP contribution in [-0.2, 0) is 4.79 Å². The van der Waals surface area contributed by atoms with Gasteiger partial charge in [0.25, 0.3) is 0 Å². The number of nitrogens with one attached hydrogen (secondary N) is 2. The molecule has 1 aliphatic rings. The number of hydrogen-bond donors (Lipinski definition) is 2. The molecule has 70 valence electrons. The Balaban J connectivity index is 2.54. The van der Waals surface area contributed by atoms with Crippen LogP contribution in [0.25, 0.3) is 0 Å². The third-order valence-electron chi connectivity index (χ3n) is 2.18. The van der Waals surface area contributed by atoms with Gasteiger partial charge in [0, 0.05) is 19.1 Å². The molecule has 1 amide bonds. The van der Waals surface area contributed by atoms with E-state index < -0.39 is 0 Å². The molecular weight excluding hydrogens is 154 g/mol. The van der Waals surface area contributed by atoms with E-state index in [9.17, 15) is 4.79 Å². The molecule has 0 aromatic carbocycles. The summed E-state index contributed by atoms with van der Waals surface area (Å²) in [4.78, 5) is 13.5. The van der Waals surface area contributed by atoms with Crippen LogP contribution in [0.5, 0.6) is 0 Å². The Morgan fingerprint density at radius 2 is 2.42 bits per heavy atom. The monoisotopic (exact) mass is 171 g/mol. The summed E-state index contributed by atoms with van der Waals surface area (Å²) in [6.07, 6.45) is 0. The molecule has 0 aromatic rings. The summed E-state index contributed by atoms with van der Waals surface area (Å²) in [6.45, 7) is 3.66. The molecule has 2 N–H and O–H groups in total. The molecule has 1 saturated heterocycles. The van der Waals surface area contributed by atoms with Crippen molar-refractivity contribution in [1.82, 2.24) is 15.5 Å². The lowest BCUT2D eigenvalue weighted by molar-refractivity contribution is -0.129. The zero-order valence-corrected chi connectivity index (χ0v) is 7.92. The Morgan fingerprint density at radius 1 is 1.75 bits per heavy atom. The normalized spacial score (nSPS) is 31.8. The van der Waals surface area contributed by atoms with Crippen LogP contribution in [0.2, 0.25) is 0 Å². The molecule has 0 spiro atoms. The van der Waals surface area contributed by atoms with E-state index in [0.717, 1.165) is 13.1 Å². The molecule has 0 radical (unpaired) electrons. The number of piperazine rings is 1. The van der Waals surface area contributed by atoms with Gasteiger partial charge in [0.15, 0.2) is 0 Å². The second-order valence-electron chi connectivity index (χ2n) is 3.42. The van der Waals surface area contributed by atoms with E-state index in [0.29, 0.717) is 0 Å². The van der Waals surface area contributed by atoms with Gasteiger partial charge in [-0.05, 0) is 21.0 Å². The van der Waals surface area contributed by atoms with E-state index in [1.807, 2.05) is 21.0 Å². The molecule has 1 aliphatic heterocycles. The topological polar surface area (TPSA) is 44.4 Å². The predicted octanol–water partition coefficient (Wildman–Crippen LogP) is -0.975. The largest absolute Gasteiger partial charge is 0.351 e. The number of carbonyl (C=O) groups is 1. The summed E-state index contributed by atoms with van der Waals surface area (Å²) < 4.78 is 0. The predicted molar refractivity (Wildman–Crippen MR) is 47.9 cm³/mol. The molecule has 0 aliphatic carbocycles. The highest BCUT2D eigenvalue weighted by Crippen LogP contribution is 2.04. The average molecular weight is 171 g/mol. The molecule has 4 heteroatoms. The Labute approximate surface area is 73.3 Å². The summed E-state index contributed by atoms with van der Waals surface area (Å²) in [6, 6.07) is 0.266. The summed E-state index contributed by atoms with van der Waals surface area (Å²) in [7, 11) is 3.84. The molecular formula is C8H17N3O. The van der Waals surface area contributed by atoms with Gasteiger partial charge in [0.1, 0.15) is 6.04 Å². The third-order valence-corrected chi connectivity index (χ3v) is 2.18. The van der Waals surface area contributed by atoms with Crippen LogP contribution in [-0.4, -0.2) is 50.1 Å². The first-order chi connectivity index (χ1) is 5.65. The zero-order valence-electron chi connectivity index (χ0n) is 7.92. The van der Waals surface area contributed by atoms with Crippen LogP contribution in [0.4, 0.5) is 0 Å². The van der Waals surface area contributed by atoms with Crippen LogP contribution in [0.15, 0.2) is 0 Å². The zero-order chi connectivity index (χ0) is 9.14. The van der Waals surface area contributed by atoms with Crippen molar-refractivity contribution in [2.24, 2.45) is 0 Å². The first-order valence-electron chi connectivity index (χ1n) is 4.30. The van der Waals surface area contributed by atoms with Gasteiger partial charge < -0.3 is 10.6 Å². The Kier molecular flexibility index (Phi) is 3.05. The standard InChI is InChI=1S/C8H17N3O/c1-6-5-11(3)7(4-9-2)8(12)10-6/h6-7,9H,4-5H2,1-3H3,(H,10,12). The van der Waals surface area contributed by atoms with Crippen LogP contribution < -0.4 is 10.6 Å². The number of amides is 1. The third kappa shape index (κ3) is 1.95. The van der Waals surface area contributed by atoms with E-state index in [-0.39, 0.29) is 18.0 Å². The molecule has 2 atom stereocenters. The van der Waals surface area contributed by atoms with Gasteiger partial charge >= 0.3 is 0 Å². The van der Waals surface area contributed by atoms with E-state index in [1.165, 1.54) is 0 Å². The van der Waals surface area contributed by atoms with Gasteiger partial charge in [0.05, 0.1) is 0 Å². The molecule has 1 rings (SSSR count). The summed E-state index contributed by atoms with van der Waals surface area (Å²) in [5.74, 6) is 0.130. The van der Waals surface area contributed by atoms with Crippen molar-refractivity contribution in [2.75, 3.05) is 27.2 Å². The van der Waals surface area contributed by atoms with Crippen molar-refractivity contribution >= 4 is 5.91 Å². The number of carbonyl (C=O) groups excluding carboxylic acids is 1. The minimum atomic E-state index is -0.00815. The second-order valence-corrected chi connectivity index (χ2v) is 3.42. The van der Waals surface area contributed by atoms with Gasteiger partial charge in [-0.2, -0.15) is 0 Å². The fraction of sp³-hybridized carbons (Fsp3) is 0.875. The van der Waals surface area contributed by atoms with Gasteiger partial charge in [-0.25, -0.2) is 0 Å². The number of hydrogen-bond acceptors (Lipinski definition) is 3. The molecule has 4 nitrogen and oxygen atoms in total. The van der Waals surface area contributed by atoms with Crippen LogP contribution in [0.3, 0.4) is 0 Å². The van der Waals surface area contributed by atoms with Gasteiger partial charge in [-0.15, -0.1) is 0 Å². The molecule has 0 saturated carbocycles. The van der Waals surface area contributed by atoms with Gasteiger partial charge in [0.2, 0.25) is 5.91 Å². The highest BCUT2D eigenvalue weighted by Gasteiger charge is 2.29. The quantitative estimate of drug-likeness (QED) is 0.561. The minimum Gasteiger partial charge on any atom is -0.351 e. The Hall–Kier alpha value is -0.610. The second kappa shape index (κ2) is 3.87. The SMILES string of the molecule is CNCC1C(=O)NC(C)CN1C. The maximum absolute atomic E-state index is 11.4. The van der Waals surface area contributed by atoms with E-state index in [1.54, 1.807) is 0 Å². The minimum absolute atomic E-state index is 0.00815. The molecule has 0 aromatic heterocycles. The highest BCUT2D eigenvalue weighted by molar-refractivity contribution is 5.83. The number of nitrogens with zero attached hydrogens (tertiary/aromatic N) is 1. The maximum atomic E-state index is 11.4. The summed E-state index contributed by atoms with van der Waals surface area (Å²) in [5, 5.41) is 5.93. The van der Waals surface area contributed by atoms with Gasteiger partial charge in [-0.3, -0.25) is 9.69 Å². The van der Waals surface area contributed by atoms with E-state index in [2.05, 4.69) is 15.5 Å². The van der Waals surface area contributed by atoms with Crippen molar-refractivity contribution in [3.05, 3.63) is 0 Å². The fourth-order valence-electron chi connectivity index (χ4n) is 1.59.